The van der Waals surface area contributed by atoms with Gasteiger partial charge in [0.25, 0.3) is 0 Å². The summed E-state index contributed by atoms with van der Waals surface area (Å²) in [4.78, 5) is 22.7. The molecule has 1 rings (SSSR count). The van der Waals surface area contributed by atoms with Gasteiger partial charge < -0.3 is 25.4 Å². The number of amides is 1. The molecule has 0 aromatic heterocycles. The number of ether oxygens (including phenoxy) is 1. The van der Waals surface area contributed by atoms with Gasteiger partial charge in [0.1, 0.15) is 17.8 Å². The largest absolute Gasteiger partial charge is 0.478 e. The molecule has 7 nitrogen and oxygen atoms in total. The lowest BCUT2D eigenvalue weighted by atomic mass is 9.95. The van der Waals surface area contributed by atoms with Crippen molar-refractivity contribution >= 4 is 12.1 Å². The molecule has 0 spiro atoms. The monoisotopic (exact) mass is 339 g/mol. The second-order valence-electron chi connectivity index (χ2n) is 6.73. The van der Waals surface area contributed by atoms with Crippen LogP contribution in [0, 0.1) is 13.8 Å². The molecule has 24 heavy (non-hydrogen) atoms. The predicted molar refractivity (Wildman–Crippen MR) is 88.1 cm³/mol. The van der Waals surface area contributed by atoms with Gasteiger partial charge in [0.15, 0.2) is 0 Å². The van der Waals surface area contributed by atoms with E-state index in [1.165, 1.54) is 12.1 Å². The van der Waals surface area contributed by atoms with Crippen LogP contribution in [-0.2, 0) is 4.74 Å². The Balaban J connectivity index is 2.78. The topological polar surface area (TPSA) is 116 Å². The Morgan fingerprint density at radius 2 is 1.67 bits per heavy atom. The van der Waals surface area contributed by atoms with E-state index in [0.717, 1.165) is 0 Å². The second kappa shape index (κ2) is 7.63. The van der Waals surface area contributed by atoms with Crippen molar-refractivity contribution in [1.82, 2.24) is 5.32 Å². The van der Waals surface area contributed by atoms with Crippen LogP contribution >= 0.6 is 0 Å². The molecule has 0 fully saturated rings. The summed E-state index contributed by atoms with van der Waals surface area (Å²) in [5.41, 5.74) is 0.877. The zero-order valence-corrected chi connectivity index (χ0v) is 14.6. The molecule has 1 aromatic carbocycles. The predicted octanol–water partition coefficient (Wildman–Crippen LogP) is 1.92. The fraction of sp³-hybridized carbons (Fsp3) is 0.529. The number of alkyl carbamates (subject to hydrolysis) is 1. The van der Waals surface area contributed by atoms with Gasteiger partial charge in [0, 0.05) is 6.54 Å². The van der Waals surface area contributed by atoms with Crippen LogP contribution in [0.4, 0.5) is 4.79 Å². The van der Waals surface area contributed by atoms with Crippen molar-refractivity contribution in [2.75, 3.05) is 6.54 Å². The molecule has 0 radical (unpaired) electrons. The number of aliphatic hydroxyl groups excluding tert-OH is 2. The highest BCUT2D eigenvalue weighted by Gasteiger charge is 2.23. The third kappa shape index (κ3) is 5.50. The summed E-state index contributed by atoms with van der Waals surface area (Å²) in [7, 11) is 0. The fourth-order valence-corrected chi connectivity index (χ4v) is 2.34. The Hall–Kier alpha value is -2.12. The second-order valence-corrected chi connectivity index (χ2v) is 6.73. The van der Waals surface area contributed by atoms with Gasteiger partial charge in [-0.05, 0) is 51.3 Å². The Labute approximate surface area is 141 Å². The molecule has 0 aliphatic heterocycles. The molecule has 0 aliphatic carbocycles. The third-order valence-corrected chi connectivity index (χ3v) is 3.33. The number of benzene rings is 1. The quantitative estimate of drug-likeness (QED) is 0.651. The van der Waals surface area contributed by atoms with Crippen LogP contribution in [0.1, 0.15) is 53.9 Å². The summed E-state index contributed by atoms with van der Waals surface area (Å²) in [6, 6.07) is 3.02. The van der Waals surface area contributed by atoms with Crippen molar-refractivity contribution in [3.63, 3.8) is 0 Å². The molecule has 7 heteroatoms. The molecule has 1 aromatic rings. The number of hydrogen-bond donors (Lipinski definition) is 4. The molecule has 0 saturated heterocycles. The first-order valence-electron chi connectivity index (χ1n) is 7.60. The first-order chi connectivity index (χ1) is 10.9. The normalized spacial score (nSPS) is 14.0. The number of aromatic carboxylic acids is 1. The lowest BCUT2D eigenvalue weighted by Gasteiger charge is -2.23. The number of carbonyl (C=O) groups excluding carboxylic acids is 1. The van der Waals surface area contributed by atoms with E-state index in [1.807, 2.05) is 0 Å². The molecule has 0 saturated carbocycles. The van der Waals surface area contributed by atoms with Crippen LogP contribution in [0.15, 0.2) is 12.1 Å². The molecule has 4 N–H and O–H groups in total. The van der Waals surface area contributed by atoms with Crippen molar-refractivity contribution in [1.29, 1.82) is 0 Å². The number of carbonyl (C=O) groups is 2. The zero-order chi connectivity index (χ0) is 18.7. The van der Waals surface area contributed by atoms with E-state index < -0.39 is 29.9 Å². The first kappa shape index (κ1) is 19.9. The van der Waals surface area contributed by atoms with Gasteiger partial charge in [0.05, 0.1) is 5.56 Å². The first-order valence-corrected chi connectivity index (χ1v) is 7.60. The fourth-order valence-electron chi connectivity index (χ4n) is 2.34. The summed E-state index contributed by atoms with van der Waals surface area (Å²) < 4.78 is 5.05. The number of aryl methyl sites for hydroxylation is 2. The molecule has 0 bridgehead atoms. The van der Waals surface area contributed by atoms with Crippen LogP contribution < -0.4 is 5.32 Å². The maximum Gasteiger partial charge on any atom is 0.407 e. The molecule has 2 atom stereocenters. The van der Waals surface area contributed by atoms with E-state index in [4.69, 9.17) is 9.84 Å². The lowest BCUT2D eigenvalue weighted by molar-refractivity contribution is 0.0128. The van der Waals surface area contributed by atoms with Crippen molar-refractivity contribution in [2.45, 2.75) is 52.4 Å². The van der Waals surface area contributed by atoms with E-state index in [0.29, 0.717) is 16.7 Å². The average Bonchev–Trinajstić information content (AvgIpc) is 2.40. The number of rotatable bonds is 5. The summed E-state index contributed by atoms with van der Waals surface area (Å²) in [5, 5.41) is 31.8. The van der Waals surface area contributed by atoms with Crippen LogP contribution in [0.5, 0.6) is 0 Å². The summed E-state index contributed by atoms with van der Waals surface area (Å²) in [6.45, 7) is 8.19. The van der Waals surface area contributed by atoms with E-state index in [2.05, 4.69) is 5.32 Å². The van der Waals surface area contributed by atoms with Crippen molar-refractivity contribution in [3.05, 3.63) is 34.4 Å². The average molecular weight is 339 g/mol. The molecular formula is C17H25NO6. The van der Waals surface area contributed by atoms with Crippen LogP contribution in [0.3, 0.4) is 0 Å². The summed E-state index contributed by atoms with van der Waals surface area (Å²) in [5.74, 6) is -1.04. The maximum absolute atomic E-state index is 11.6. The van der Waals surface area contributed by atoms with Gasteiger partial charge in [-0.2, -0.15) is 0 Å². The Kier molecular flexibility index (Phi) is 6.34. The van der Waals surface area contributed by atoms with Crippen molar-refractivity contribution < 1.29 is 29.6 Å². The molecule has 134 valence electrons. The minimum absolute atomic E-state index is 0.173. The maximum atomic E-state index is 11.6. The van der Waals surface area contributed by atoms with Crippen molar-refractivity contribution in [2.24, 2.45) is 0 Å². The SMILES string of the molecule is Cc1cc(C(O)C(O)CNC(=O)OC(C)(C)C)cc(C)c1C(=O)O. The standard InChI is InChI=1S/C17H25NO6/c1-9-6-11(7-10(2)13(9)15(21)22)14(20)12(19)8-18-16(23)24-17(3,4)5/h6-7,12,14,19-20H,8H2,1-5H3,(H,18,23)(H,21,22). The highest BCUT2D eigenvalue weighted by atomic mass is 16.6. The van der Waals surface area contributed by atoms with E-state index >= 15 is 0 Å². The molecule has 0 heterocycles. The number of hydrogen-bond acceptors (Lipinski definition) is 5. The summed E-state index contributed by atoms with van der Waals surface area (Å²) in [6.07, 6.45) is -3.21. The highest BCUT2D eigenvalue weighted by molar-refractivity contribution is 5.91. The van der Waals surface area contributed by atoms with Crippen LogP contribution in [0.2, 0.25) is 0 Å². The zero-order valence-electron chi connectivity index (χ0n) is 14.6. The van der Waals surface area contributed by atoms with Gasteiger partial charge in [0.2, 0.25) is 0 Å². The van der Waals surface area contributed by atoms with Gasteiger partial charge in [-0.3, -0.25) is 0 Å². The number of nitrogens with one attached hydrogen (secondary N) is 1. The molecule has 2 unspecified atom stereocenters. The Morgan fingerprint density at radius 1 is 1.17 bits per heavy atom. The van der Waals surface area contributed by atoms with Gasteiger partial charge >= 0.3 is 12.1 Å². The van der Waals surface area contributed by atoms with Crippen molar-refractivity contribution in [3.8, 4) is 0 Å². The van der Waals surface area contributed by atoms with E-state index in [-0.39, 0.29) is 12.1 Å². The third-order valence-electron chi connectivity index (χ3n) is 3.33. The lowest BCUT2D eigenvalue weighted by Crippen LogP contribution is -2.38. The van der Waals surface area contributed by atoms with Gasteiger partial charge in [-0.15, -0.1) is 0 Å². The number of carboxylic acids is 1. The molecule has 0 aliphatic rings. The Bertz CT molecular complexity index is 597. The van der Waals surface area contributed by atoms with E-state index in [1.54, 1.807) is 34.6 Å². The number of carboxylic acid groups (broad SMARTS) is 1. The van der Waals surface area contributed by atoms with E-state index in [9.17, 15) is 19.8 Å². The highest BCUT2D eigenvalue weighted by Crippen LogP contribution is 2.23. The molecular weight excluding hydrogens is 314 g/mol. The van der Waals surface area contributed by atoms with Crippen LogP contribution in [-0.4, -0.2) is 45.6 Å². The van der Waals surface area contributed by atoms with Gasteiger partial charge in [-0.1, -0.05) is 12.1 Å². The van der Waals surface area contributed by atoms with Crippen LogP contribution in [0.25, 0.3) is 0 Å². The Morgan fingerprint density at radius 3 is 2.08 bits per heavy atom. The summed E-state index contributed by atoms with van der Waals surface area (Å²) >= 11 is 0. The van der Waals surface area contributed by atoms with Gasteiger partial charge in [-0.25, -0.2) is 9.59 Å². The minimum atomic E-state index is -1.26. The minimum Gasteiger partial charge on any atom is -0.478 e. The smallest absolute Gasteiger partial charge is 0.407 e. The molecule has 1 amide bonds. The number of aliphatic hydroxyl groups is 2.